The fraction of sp³-hybridized carbons (Fsp3) is 0.500. The van der Waals surface area contributed by atoms with Crippen molar-refractivity contribution in [3.63, 3.8) is 0 Å². The zero-order valence-corrected chi connectivity index (χ0v) is 11.8. The number of halogens is 2. The minimum absolute atomic E-state index is 0.183. The Morgan fingerprint density at radius 2 is 1.90 bits per heavy atom. The van der Waals surface area contributed by atoms with Gasteiger partial charge in [0, 0.05) is 4.47 Å². The summed E-state index contributed by atoms with van der Waals surface area (Å²) in [5.41, 5.74) is 0. The highest BCUT2D eigenvalue weighted by Gasteiger charge is 2.44. The number of aliphatic hydroxyl groups is 4. The van der Waals surface area contributed by atoms with Crippen LogP contribution in [0.5, 0.6) is 5.75 Å². The van der Waals surface area contributed by atoms with Gasteiger partial charge >= 0.3 is 0 Å². The molecule has 5 atom stereocenters. The molecule has 1 fully saturated rings. The summed E-state index contributed by atoms with van der Waals surface area (Å²) in [6.45, 7) is -0.576. The van der Waals surface area contributed by atoms with E-state index in [9.17, 15) is 19.7 Å². The van der Waals surface area contributed by atoms with Crippen LogP contribution in [-0.2, 0) is 4.74 Å². The highest BCUT2D eigenvalue weighted by atomic mass is 79.9. The van der Waals surface area contributed by atoms with Crippen LogP contribution in [0.15, 0.2) is 22.7 Å². The van der Waals surface area contributed by atoms with Gasteiger partial charge in [-0.15, -0.1) is 0 Å². The molecule has 112 valence electrons. The van der Waals surface area contributed by atoms with Crippen molar-refractivity contribution < 1.29 is 34.3 Å². The van der Waals surface area contributed by atoms with Gasteiger partial charge in [-0.3, -0.25) is 0 Å². The Morgan fingerprint density at radius 3 is 2.50 bits per heavy atom. The average Bonchev–Trinajstić information content (AvgIpc) is 2.42. The van der Waals surface area contributed by atoms with E-state index in [1.54, 1.807) is 0 Å². The van der Waals surface area contributed by atoms with Crippen LogP contribution in [0.2, 0.25) is 0 Å². The Labute approximate surface area is 122 Å². The third-order valence-corrected chi connectivity index (χ3v) is 3.48. The van der Waals surface area contributed by atoms with Crippen LogP contribution in [0.1, 0.15) is 0 Å². The lowest BCUT2D eigenvalue weighted by Gasteiger charge is -2.39. The standard InChI is InChI=1S/C12H14BrFO6/c13-5-1-2-7(6(14)3-5)19-12-11(18)10(17)9(16)8(4-15)20-12/h1-3,8-12,15-18H,4H2. The molecule has 2 rings (SSSR count). The van der Waals surface area contributed by atoms with Gasteiger partial charge in [0.2, 0.25) is 6.29 Å². The molecule has 0 amide bonds. The van der Waals surface area contributed by atoms with Crippen molar-refractivity contribution in [3.05, 3.63) is 28.5 Å². The van der Waals surface area contributed by atoms with E-state index in [-0.39, 0.29) is 5.75 Å². The van der Waals surface area contributed by atoms with Crippen molar-refractivity contribution in [1.29, 1.82) is 0 Å². The van der Waals surface area contributed by atoms with E-state index in [1.165, 1.54) is 18.2 Å². The highest BCUT2D eigenvalue weighted by molar-refractivity contribution is 9.10. The zero-order chi connectivity index (χ0) is 14.9. The second-order valence-electron chi connectivity index (χ2n) is 4.39. The first-order valence-electron chi connectivity index (χ1n) is 5.86. The minimum atomic E-state index is -1.57. The fourth-order valence-corrected chi connectivity index (χ4v) is 2.19. The molecule has 1 aromatic rings. The predicted molar refractivity (Wildman–Crippen MR) is 68.5 cm³/mol. The number of aliphatic hydroxyl groups excluding tert-OH is 4. The lowest BCUT2D eigenvalue weighted by Crippen LogP contribution is -2.60. The van der Waals surface area contributed by atoms with Crippen molar-refractivity contribution in [2.24, 2.45) is 0 Å². The quantitative estimate of drug-likeness (QED) is 0.599. The maximum atomic E-state index is 13.6. The van der Waals surface area contributed by atoms with E-state index < -0.39 is 43.1 Å². The zero-order valence-electron chi connectivity index (χ0n) is 10.2. The van der Waals surface area contributed by atoms with Crippen LogP contribution >= 0.6 is 15.9 Å². The maximum Gasteiger partial charge on any atom is 0.229 e. The van der Waals surface area contributed by atoms with E-state index in [0.717, 1.165) is 0 Å². The Kier molecular flexibility index (Phi) is 4.95. The van der Waals surface area contributed by atoms with Crippen LogP contribution in [0.4, 0.5) is 4.39 Å². The molecule has 0 aromatic heterocycles. The Hall–Kier alpha value is -0.770. The number of hydrogen-bond donors (Lipinski definition) is 4. The second kappa shape index (κ2) is 6.33. The molecular formula is C12H14BrFO6. The van der Waals surface area contributed by atoms with Gasteiger partial charge in [0.25, 0.3) is 0 Å². The minimum Gasteiger partial charge on any atom is -0.459 e. The Morgan fingerprint density at radius 1 is 1.20 bits per heavy atom. The molecule has 0 radical (unpaired) electrons. The van der Waals surface area contributed by atoms with Crippen LogP contribution in [-0.4, -0.2) is 57.7 Å². The van der Waals surface area contributed by atoms with Crippen molar-refractivity contribution in [3.8, 4) is 5.75 Å². The summed E-state index contributed by atoms with van der Waals surface area (Å²) in [7, 11) is 0. The summed E-state index contributed by atoms with van der Waals surface area (Å²) in [5.74, 6) is -0.867. The molecule has 6 nitrogen and oxygen atoms in total. The summed E-state index contributed by atoms with van der Waals surface area (Å²) in [6.07, 6.45) is -7.12. The van der Waals surface area contributed by atoms with Crippen molar-refractivity contribution in [2.75, 3.05) is 6.61 Å². The van der Waals surface area contributed by atoms with Gasteiger partial charge in [0.15, 0.2) is 11.6 Å². The monoisotopic (exact) mass is 352 g/mol. The molecular weight excluding hydrogens is 339 g/mol. The second-order valence-corrected chi connectivity index (χ2v) is 5.31. The first-order chi connectivity index (χ1) is 9.43. The summed E-state index contributed by atoms with van der Waals surface area (Å²) in [5, 5.41) is 38.0. The van der Waals surface area contributed by atoms with E-state index in [2.05, 4.69) is 15.9 Å². The van der Waals surface area contributed by atoms with Crippen LogP contribution < -0.4 is 4.74 Å². The highest BCUT2D eigenvalue weighted by Crippen LogP contribution is 2.27. The van der Waals surface area contributed by atoms with Crippen LogP contribution in [0, 0.1) is 5.82 Å². The Balaban J connectivity index is 2.15. The molecule has 1 aliphatic heterocycles. The molecule has 8 heteroatoms. The molecule has 0 aliphatic carbocycles. The smallest absolute Gasteiger partial charge is 0.229 e. The van der Waals surface area contributed by atoms with E-state index >= 15 is 0 Å². The summed E-state index contributed by atoms with van der Waals surface area (Å²) in [4.78, 5) is 0. The molecule has 0 bridgehead atoms. The topological polar surface area (TPSA) is 99.4 Å². The molecule has 1 aromatic carbocycles. The largest absolute Gasteiger partial charge is 0.459 e. The van der Waals surface area contributed by atoms with Crippen LogP contribution in [0.3, 0.4) is 0 Å². The van der Waals surface area contributed by atoms with Gasteiger partial charge in [-0.05, 0) is 18.2 Å². The van der Waals surface area contributed by atoms with Gasteiger partial charge < -0.3 is 29.9 Å². The van der Waals surface area contributed by atoms with Crippen molar-refractivity contribution in [1.82, 2.24) is 0 Å². The molecule has 1 aliphatic rings. The number of hydrogen-bond acceptors (Lipinski definition) is 6. The molecule has 5 unspecified atom stereocenters. The molecule has 1 saturated heterocycles. The van der Waals surface area contributed by atoms with Gasteiger partial charge in [0.05, 0.1) is 6.61 Å². The van der Waals surface area contributed by atoms with Gasteiger partial charge in [-0.1, -0.05) is 15.9 Å². The average molecular weight is 353 g/mol. The van der Waals surface area contributed by atoms with E-state index in [1.807, 2.05) is 0 Å². The summed E-state index contributed by atoms with van der Waals surface area (Å²) in [6, 6.07) is 4.02. The Bertz CT molecular complexity index is 471. The molecule has 0 spiro atoms. The maximum absolute atomic E-state index is 13.6. The third-order valence-electron chi connectivity index (χ3n) is 2.99. The van der Waals surface area contributed by atoms with Gasteiger partial charge in [-0.25, -0.2) is 4.39 Å². The van der Waals surface area contributed by atoms with Crippen LogP contribution in [0.25, 0.3) is 0 Å². The predicted octanol–water partition coefficient (Wildman–Crippen LogP) is -0.233. The summed E-state index contributed by atoms with van der Waals surface area (Å²) < 4.78 is 24.4. The first-order valence-corrected chi connectivity index (χ1v) is 6.65. The van der Waals surface area contributed by atoms with Gasteiger partial charge in [0.1, 0.15) is 24.4 Å². The normalized spacial score (nSPS) is 34.0. The fourth-order valence-electron chi connectivity index (χ4n) is 1.86. The molecule has 20 heavy (non-hydrogen) atoms. The molecule has 0 saturated carbocycles. The SMILES string of the molecule is OCC1OC(Oc2ccc(Br)cc2F)C(O)C(O)C1O. The number of benzene rings is 1. The van der Waals surface area contributed by atoms with Crippen molar-refractivity contribution in [2.45, 2.75) is 30.7 Å². The summed E-state index contributed by atoms with van der Waals surface area (Å²) >= 11 is 3.09. The van der Waals surface area contributed by atoms with E-state index in [4.69, 9.17) is 14.6 Å². The van der Waals surface area contributed by atoms with E-state index in [0.29, 0.717) is 4.47 Å². The van der Waals surface area contributed by atoms with Crippen molar-refractivity contribution >= 4 is 15.9 Å². The lowest BCUT2D eigenvalue weighted by atomic mass is 9.99. The first kappa shape index (κ1) is 15.6. The number of ether oxygens (including phenoxy) is 2. The molecule has 1 heterocycles. The lowest BCUT2D eigenvalue weighted by molar-refractivity contribution is -0.277. The molecule has 4 N–H and O–H groups in total. The third kappa shape index (κ3) is 3.11. The van der Waals surface area contributed by atoms with Gasteiger partial charge in [-0.2, -0.15) is 0 Å². The number of rotatable bonds is 3.